The summed E-state index contributed by atoms with van der Waals surface area (Å²) in [4.78, 5) is 31.3. The third-order valence-electron chi connectivity index (χ3n) is 5.49. The molecule has 8 heteroatoms. The van der Waals surface area contributed by atoms with Crippen molar-refractivity contribution in [3.05, 3.63) is 30.0 Å². The molecule has 0 aliphatic carbocycles. The van der Waals surface area contributed by atoms with E-state index in [1.807, 2.05) is 28.6 Å². The summed E-state index contributed by atoms with van der Waals surface area (Å²) in [7, 11) is 3.63. The monoisotopic (exact) mass is 356 g/mol. The number of piperidine rings is 1. The quantitative estimate of drug-likeness (QED) is 0.903. The van der Waals surface area contributed by atoms with Gasteiger partial charge in [0, 0.05) is 51.2 Å². The first-order valence-corrected chi connectivity index (χ1v) is 9.15. The van der Waals surface area contributed by atoms with Crippen LogP contribution in [0.25, 0.3) is 0 Å². The average molecular weight is 356 g/mol. The van der Waals surface area contributed by atoms with Crippen molar-refractivity contribution in [2.75, 3.05) is 12.4 Å². The predicted octanol–water partition coefficient (Wildman–Crippen LogP) is 1.50. The molecule has 0 aromatic carbocycles. The maximum absolute atomic E-state index is 13.0. The van der Waals surface area contributed by atoms with Gasteiger partial charge in [0.1, 0.15) is 11.9 Å². The number of hydrogen-bond acceptors (Lipinski definition) is 4. The van der Waals surface area contributed by atoms with Gasteiger partial charge in [-0.2, -0.15) is 5.10 Å². The van der Waals surface area contributed by atoms with Gasteiger partial charge in [0.25, 0.3) is 0 Å². The van der Waals surface area contributed by atoms with E-state index in [-0.39, 0.29) is 23.8 Å². The molecule has 0 unspecified atom stereocenters. The number of aryl methyl sites for hydroxylation is 3. The lowest BCUT2D eigenvalue weighted by Crippen LogP contribution is -2.45. The highest BCUT2D eigenvalue weighted by Gasteiger charge is 2.41. The van der Waals surface area contributed by atoms with Gasteiger partial charge in [0.05, 0.1) is 5.92 Å². The highest BCUT2D eigenvalue weighted by molar-refractivity contribution is 5.93. The lowest BCUT2D eigenvalue weighted by atomic mass is 9.87. The molecule has 2 aliphatic rings. The first kappa shape index (κ1) is 16.8. The van der Waals surface area contributed by atoms with Gasteiger partial charge in [-0.05, 0) is 25.7 Å². The number of nitrogens with one attached hydrogen (secondary N) is 1. The van der Waals surface area contributed by atoms with Gasteiger partial charge in [0.15, 0.2) is 5.82 Å². The van der Waals surface area contributed by atoms with Crippen molar-refractivity contribution in [3.8, 4) is 0 Å². The smallest absolute Gasteiger partial charge is 0.231 e. The zero-order valence-corrected chi connectivity index (χ0v) is 15.2. The third-order valence-corrected chi connectivity index (χ3v) is 5.49. The number of rotatable bonds is 3. The molecule has 2 amide bonds. The molecule has 2 aromatic heterocycles. The van der Waals surface area contributed by atoms with Crippen molar-refractivity contribution in [1.29, 1.82) is 0 Å². The lowest BCUT2D eigenvalue weighted by Gasteiger charge is -2.37. The standard InChI is InChI=1S/C18H24N6O2/c1-22-10-8-19-17(22)16-13(6-7-15(25)23(16)2)18(26)20-14-11-12-5-3-4-9-24(12)21-14/h8,10-11,13,16H,3-7,9H2,1-2H3,(H,20,21,26)/t13-,16-/m0/s1. The van der Waals surface area contributed by atoms with Crippen molar-refractivity contribution < 1.29 is 9.59 Å². The van der Waals surface area contributed by atoms with E-state index in [0.29, 0.717) is 18.7 Å². The van der Waals surface area contributed by atoms with Crippen LogP contribution >= 0.6 is 0 Å². The molecular weight excluding hydrogens is 332 g/mol. The van der Waals surface area contributed by atoms with Crippen molar-refractivity contribution in [2.45, 2.75) is 44.7 Å². The van der Waals surface area contributed by atoms with Crippen molar-refractivity contribution in [3.63, 3.8) is 0 Å². The van der Waals surface area contributed by atoms with Crippen LogP contribution in [0.5, 0.6) is 0 Å². The fourth-order valence-electron chi connectivity index (χ4n) is 4.03. The summed E-state index contributed by atoms with van der Waals surface area (Å²) in [6.45, 7) is 0.905. The Morgan fingerprint density at radius 1 is 1.27 bits per heavy atom. The van der Waals surface area contributed by atoms with E-state index in [9.17, 15) is 9.59 Å². The van der Waals surface area contributed by atoms with Crippen LogP contribution in [0.2, 0.25) is 0 Å². The summed E-state index contributed by atoms with van der Waals surface area (Å²) in [5.41, 5.74) is 1.17. The van der Waals surface area contributed by atoms with Gasteiger partial charge >= 0.3 is 0 Å². The van der Waals surface area contributed by atoms with E-state index in [0.717, 1.165) is 31.6 Å². The molecule has 0 radical (unpaired) electrons. The van der Waals surface area contributed by atoms with Crippen LogP contribution in [0.1, 0.15) is 43.2 Å². The second kappa shape index (κ2) is 6.59. The Bertz CT molecular complexity index is 815. The summed E-state index contributed by atoms with van der Waals surface area (Å²) in [5.74, 6) is 0.916. The zero-order chi connectivity index (χ0) is 18.3. The fraction of sp³-hybridized carbons (Fsp3) is 0.556. The zero-order valence-electron chi connectivity index (χ0n) is 15.2. The topological polar surface area (TPSA) is 85.1 Å². The molecule has 2 aromatic rings. The van der Waals surface area contributed by atoms with Crippen molar-refractivity contribution >= 4 is 17.6 Å². The molecule has 0 saturated carbocycles. The molecule has 4 rings (SSSR count). The summed E-state index contributed by atoms with van der Waals surface area (Å²) >= 11 is 0. The Labute approximate surface area is 152 Å². The molecule has 26 heavy (non-hydrogen) atoms. The molecule has 138 valence electrons. The van der Waals surface area contributed by atoms with Gasteiger partial charge in [-0.25, -0.2) is 4.98 Å². The molecule has 8 nitrogen and oxygen atoms in total. The van der Waals surface area contributed by atoms with E-state index in [1.165, 1.54) is 5.69 Å². The summed E-state index contributed by atoms with van der Waals surface area (Å²) in [5, 5.41) is 7.48. The molecule has 0 bridgehead atoms. The number of aromatic nitrogens is 4. The van der Waals surface area contributed by atoms with Crippen LogP contribution in [-0.4, -0.2) is 43.1 Å². The molecule has 4 heterocycles. The van der Waals surface area contributed by atoms with Crippen LogP contribution in [0.4, 0.5) is 5.82 Å². The number of amides is 2. The minimum absolute atomic E-state index is 0.0412. The lowest BCUT2D eigenvalue weighted by molar-refractivity contribution is -0.140. The minimum Gasteiger partial charge on any atom is -0.336 e. The van der Waals surface area contributed by atoms with Gasteiger partial charge in [-0.15, -0.1) is 0 Å². The molecular formula is C18H24N6O2. The van der Waals surface area contributed by atoms with Crippen LogP contribution in [0, 0.1) is 5.92 Å². The summed E-state index contributed by atoms with van der Waals surface area (Å²) in [6, 6.07) is 1.60. The van der Waals surface area contributed by atoms with E-state index in [1.54, 1.807) is 18.1 Å². The summed E-state index contributed by atoms with van der Waals surface area (Å²) < 4.78 is 3.85. The van der Waals surface area contributed by atoms with E-state index in [2.05, 4.69) is 15.4 Å². The molecule has 2 atom stereocenters. The van der Waals surface area contributed by atoms with Gasteiger partial charge in [-0.1, -0.05) is 0 Å². The number of carbonyl (C=O) groups is 2. The highest BCUT2D eigenvalue weighted by atomic mass is 16.2. The van der Waals surface area contributed by atoms with Gasteiger partial charge < -0.3 is 14.8 Å². The third kappa shape index (κ3) is 2.89. The number of likely N-dealkylation sites (tertiary alicyclic amines) is 1. The molecule has 1 saturated heterocycles. The highest BCUT2D eigenvalue weighted by Crippen LogP contribution is 2.35. The first-order valence-electron chi connectivity index (χ1n) is 9.15. The molecule has 2 aliphatic heterocycles. The van der Waals surface area contributed by atoms with Crippen LogP contribution in [-0.2, 0) is 29.6 Å². The van der Waals surface area contributed by atoms with Gasteiger partial charge in [0.2, 0.25) is 11.8 Å². The Morgan fingerprint density at radius 3 is 2.85 bits per heavy atom. The average Bonchev–Trinajstić information content (AvgIpc) is 3.22. The Kier molecular flexibility index (Phi) is 4.26. The Hall–Kier alpha value is -2.64. The number of carbonyl (C=O) groups excluding carboxylic acids is 2. The van der Waals surface area contributed by atoms with Gasteiger partial charge in [-0.3, -0.25) is 14.3 Å². The molecule has 0 spiro atoms. The van der Waals surface area contributed by atoms with Crippen molar-refractivity contribution in [2.24, 2.45) is 13.0 Å². The number of hydrogen-bond donors (Lipinski definition) is 1. The number of imidazole rings is 1. The maximum Gasteiger partial charge on any atom is 0.231 e. The maximum atomic E-state index is 13.0. The Morgan fingerprint density at radius 2 is 2.12 bits per heavy atom. The van der Waals surface area contributed by atoms with Crippen LogP contribution in [0.3, 0.4) is 0 Å². The SMILES string of the molecule is CN1C(=O)CC[C@H](C(=O)Nc2cc3n(n2)CCCC3)[C@H]1c1nccn1C. The minimum atomic E-state index is -0.367. The second-order valence-corrected chi connectivity index (χ2v) is 7.18. The predicted molar refractivity (Wildman–Crippen MR) is 95.2 cm³/mol. The normalized spacial score (nSPS) is 23.0. The molecule has 1 N–H and O–H groups in total. The summed E-state index contributed by atoms with van der Waals surface area (Å²) in [6.07, 6.45) is 7.70. The van der Waals surface area contributed by atoms with Crippen LogP contribution in [0.15, 0.2) is 18.5 Å². The fourth-order valence-corrected chi connectivity index (χ4v) is 4.03. The van der Waals surface area contributed by atoms with Crippen LogP contribution < -0.4 is 5.32 Å². The number of anilines is 1. The van der Waals surface area contributed by atoms with Crippen molar-refractivity contribution in [1.82, 2.24) is 24.2 Å². The number of nitrogens with zero attached hydrogens (tertiary/aromatic N) is 5. The number of fused-ring (bicyclic) bond motifs is 1. The molecule has 1 fully saturated rings. The Balaban J connectivity index is 1.57. The van der Waals surface area contributed by atoms with E-state index >= 15 is 0 Å². The van der Waals surface area contributed by atoms with E-state index in [4.69, 9.17) is 0 Å². The largest absolute Gasteiger partial charge is 0.336 e. The second-order valence-electron chi connectivity index (χ2n) is 7.18. The first-order chi connectivity index (χ1) is 12.5. The van der Waals surface area contributed by atoms with E-state index < -0.39 is 0 Å².